The first-order valence-electron chi connectivity index (χ1n) is 14.1. The Bertz CT molecular complexity index is 1180. The number of aliphatic carboxylic acids is 1. The summed E-state index contributed by atoms with van der Waals surface area (Å²) in [5.41, 5.74) is 0.466. The molecule has 6 rings (SSSR count). The minimum atomic E-state index is -5.08. The number of amides is 1. The summed E-state index contributed by atoms with van der Waals surface area (Å²) in [6.07, 6.45) is -0.0140. The van der Waals surface area contributed by atoms with E-state index in [-0.39, 0.29) is 17.6 Å². The van der Waals surface area contributed by atoms with Crippen molar-refractivity contribution in [1.29, 1.82) is 0 Å². The van der Waals surface area contributed by atoms with E-state index in [2.05, 4.69) is 5.32 Å². The average Bonchev–Trinajstić information content (AvgIpc) is 2.81. The summed E-state index contributed by atoms with van der Waals surface area (Å²) in [6, 6.07) is 20.0. The van der Waals surface area contributed by atoms with Crippen molar-refractivity contribution in [2.24, 2.45) is 10.8 Å². The molecule has 11 heteroatoms. The first kappa shape index (κ1) is 31.5. The molecule has 1 amide bonds. The van der Waals surface area contributed by atoms with Crippen molar-refractivity contribution in [2.45, 2.75) is 70.4 Å². The number of ether oxygens (including phenoxy) is 3. The molecule has 0 aromatic heterocycles. The molecular formula is C31H39F3N2O6. The highest BCUT2D eigenvalue weighted by Gasteiger charge is 2.55. The maximum absolute atomic E-state index is 11.9. The molecule has 2 saturated carbocycles. The molecule has 2 N–H and O–H groups in total. The minimum absolute atomic E-state index is 0.194. The lowest BCUT2D eigenvalue weighted by molar-refractivity contribution is -0.192. The Hall–Kier alpha value is -3.47. The van der Waals surface area contributed by atoms with Crippen LogP contribution in [0.2, 0.25) is 0 Å². The van der Waals surface area contributed by atoms with E-state index in [1.807, 2.05) is 81.4 Å². The number of nitrogens with zero attached hydrogens (tertiary/aromatic N) is 1. The normalized spacial score (nSPS) is 21.5. The predicted molar refractivity (Wildman–Crippen MR) is 149 cm³/mol. The van der Waals surface area contributed by atoms with Gasteiger partial charge in [0.2, 0.25) is 0 Å². The fourth-order valence-electron chi connectivity index (χ4n) is 5.61. The number of likely N-dealkylation sites (tertiary alicyclic amines) is 1. The van der Waals surface area contributed by atoms with Crippen LogP contribution in [0.3, 0.4) is 0 Å². The molecule has 42 heavy (non-hydrogen) atoms. The number of hydrogen-bond donors (Lipinski definition) is 2. The van der Waals surface area contributed by atoms with Gasteiger partial charge in [0.25, 0.3) is 0 Å². The molecule has 2 aliphatic carbocycles. The van der Waals surface area contributed by atoms with Crippen molar-refractivity contribution in [1.82, 2.24) is 10.2 Å². The van der Waals surface area contributed by atoms with Gasteiger partial charge in [0, 0.05) is 37.0 Å². The number of nitrogens with one attached hydrogen (secondary N) is 1. The number of carboxylic acids is 1. The Morgan fingerprint density at radius 1 is 0.810 bits per heavy atom. The maximum Gasteiger partial charge on any atom is 0.490 e. The third kappa shape index (κ3) is 8.53. The molecule has 8 nitrogen and oxygen atoms in total. The van der Waals surface area contributed by atoms with Gasteiger partial charge in [0.1, 0.15) is 23.2 Å². The molecule has 0 bridgehead atoms. The molecule has 2 spiro atoms. The molecule has 0 unspecified atom stereocenters. The SMILES string of the molecule is CC(C)(C)OC(=O)N1CC2(CC(Oc3ccccc3)C2)C1.O=C(O)C(F)(F)F.c1ccc(OC2CC3(CNC3)C2)cc1. The van der Waals surface area contributed by atoms with E-state index in [0.29, 0.717) is 11.5 Å². The van der Waals surface area contributed by atoms with Crippen molar-refractivity contribution in [3.63, 3.8) is 0 Å². The minimum Gasteiger partial charge on any atom is -0.490 e. The van der Waals surface area contributed by atoms with E-state index in [1.54, 1.807) is 4.90 Å². The highest BCUT2D eigenvalue weighted by Crippen LogP contribution is 2.50. The molecule has 230 valence electrons. The first-order chi connectivity index (χ1) is 19.7. The molecule has 2 saturated heterocycles. The second-order valence-corrected chi connectivity index (χ2v) is 12.7. The molecule has 4 aliphatic rings. The van der Waals surface area contributed by atoms with Crippen LogP contribution in [0.1, 0.15) is 46.5 Å². The first-order valence-corrected chi connectivity index (χ1v) is 14.1. The highest BCUT2D eigenvalue weighted by molar-refractivity contribution is 5.73. The van der Waals surface area contributed by atoms with Crippen LogP contribution < -0.4 is 14.8 Å². The van der Waals surface area contributed by atoms with Crippen LogP contribution in [0, 0.1) is 10.8 Å². The van der Waals surface area contributed by atoms with Crippen LogP contribution in [0.25, 0.3) is 0 Å². The Morgan fingerprint density at radius 3 is 1.55 bits per heavy atom. The lowest BCUT2D eigenvalue weighted by Gasteiger charge is -2.58. The lowest BCUT2D eigenvalue weighted by atomic mass is 9.62. The Kier molecular flexibility index (Phi) is 9.30. The van der Waals surface area contributed by atoms with Crippen LogP contribution in [-0.2, 0) is 9.53 Å². The second kappa shape index (κ2) is 12.4. The number of carbonyl (C=O) groups excluding carboxylic acids is 1. The molecule has 2 aromatic carbocycles. The van der Waals surface area contributed by atoms with Crippen molar-refractivity contribution in [3.05, 3.63) is 60.7 Å². The molecule has 2 aliphatic heterocycles. The Balaban J connectivity index is 0.000000165. The van der Waals surface area contributed by atoms with Gasteiger partial charge < -0.3 is 29.5 Å². The quantitative estimate of drug-likeness (QED) is 0.455. The second-order valence-electron chi connectivity index (χ2n) is 12.7. The summed E-state index contributed by atoms with van der Waals surface area (Å²) in [7, 11) is 0. The number of alkyl halides is 3. The summed E-state index contributed by atoms with van der Waals surface area (Å²) in [4.78, 5) is 22.6. The van der Waals surface area contributed by atoms with Gasteiger partial charge in [0.05, 0.1) is 6.10 Å². The van der Waals surface area contributed by atoms with E-state index in [4.69, 9.17) is 24.1 Å². The number of carbonyl (C=O) groups is 2. The van der Waals surface area contributed by atoms with Gasteiger partial charge in [-0.3, -0.25) is 0 Å². The van der Waals surface area contributed by atoms with Gasteiger partial charge in [-0.25, -0.2) is 9.59 Å². The number of carboxylic acid groups (broad SMARTS) is 1. The molecule has 0 atom stereocenters. The summed E-state index contributed by atoms with van der Waals surface area (Å²) >= 11 is 0. The van der Waals surface area contributed by atoms with E-state index < -0.39 is 17.7 Å². The van der Waals surface area contributed by atoms with Crippen molar-refractivity contribution in [2.75, 3.05) is 26.2 Å². The topological polar surface area (TPSA) is 97.3 Å². The zero-order valence-electron chi connectivity index (χ0n) is 24.2. The average molecular weight is 593 g/mol. The smallest absolute Gasteiger partial charge is 0.490 e. The number of hydrogen-bond acceptors (Lipinski definition) is 6. The standard InChI is InChI=1S/C17H23NO3.C12H15NO.C2HF3O2/c1-16(2,3)21-15(19)18-11-17(12-18)9-14(10-17)20-13-7-5-4-6-8-13;1-2-4-10(5-3-1)14-11-6-12(7-11)8-13-9-12;3-2(4,5)1(6)7/h4-8,14H,9-12H2,1-3H3;1-5,11,13H,6-9H2;(H,6,7). The zero-order valence-corrected chi connectivity index (χ0v) is 24.2. The number of halogens is 3. The van der Waals surface area contributed by atoms with Crippen LogP contribution in [0.5, 0.6) is 11.5 Å². The van der Waals surface area contributed by atoms with Gasteiger partial charge in [0.15, 0.2) is 0 Å². The summed E-state index contributed by atoms with van der Waals surface area (Å²) < 4.78 is 48.9. The largest absolute Gasteiger partial charge is 0.490 e. The molecular weight excluding hydrogens is 553 g/mol. The zero-order chi connectivity index (χ0) is 30.6. The summed E-state index contributed by atoms with van der Waals surface area (Å²) in [5.74, 6) is -0.812. The number of rotatable bonds is 4. The third-order valence-corrected chi connectivity index (χ3v) is 7.68. The Labute approximate surface area is 244 Å². The maximum atomic E-state index is 11.9. The van der Waals surface area contributed by atoms with E-state index >= 15 is 0 Å². The van der Waals surface area contributed by atoms with Crippen LogP contribution in [0.4, 0.5) is 18.0 Å². The van der Waals surface area contributed by atoms with Gasteiger partial charge in [-0.05, 0) is 70.7 Å². The van der Waals surface area contributed by atoms with Crippen LogP contribution in [0.15, 0.2) is 60.7 Å². The molecule has 4 fully saturated rings. The Morgan fingerprint density at radius 2 is 1.21 bits per heavy atom. The van der Waals surface area contributed by atoms with Gasteiger partial charge in [-0.2, -0.15) is 13.2 Å². The fourth-order valence-corrected chi connectivity index (χ4v) is 5.61. The summed E-state index contributed by atoms with van der Waals surface area (Å²) in [6.45, 7) is 9.69. The monoisotopic (exact) mass is 592 g/mol. The molecule has 2 heterocycles. The number of benzene rings is 2. The molecule has 0 radical (unpaired) electrons. The van der Waals surface area contributed by atoms with E-state index in [9.17, 15) is 18.0 Å². The van der Waals surface area contributed by atoms with E-state index in [1.165, 1.54) is 25.9 Å². The van der Waals surface area contributed by atoms with Crippen molar-refractivity contribution < 1.29 is 42.1 Å². The van der Waals surface area contributed by atoms with Gasteiger partial charge in [-0.1, -0.05) is 36.4 Å². The lowest BCUT2D eigenvalue weighted by Crippen LogP contribution is -2.66. The summed E-state index contributed by atoms with van der Waals surface area (Å²) in [5, 5.41) is 10.5. The number of para-hydroxylation sites is 2. The van der Waals surface area contributed by atoms with Gasteiger partial charge >= 0.3 is 18.2 Å². The highest BCUT2D eigenvalue weighted by atomic mass is 19.4. The van der Waals surface area contributed by atoms with Gasteiger partial charge in [-0.15, -0.1) is 0 Å². The molecule has 2 aromatic rings. The third-order valence-electron chi connectivity index (χ3n) is 7.68. The van der Waals surface area contributed by atoms with E-state index in [0.717, 1.165) is 37.4 Å². The van der Waals surface area contributed by atoms with Crippen LogP contribution >= 0.6 is 0 Å². The van der Waals surface area contributed by atoms with Crippen molar-refractivity contribution in [3.8, 4) is 11.5 Å². The van der Waals surface area contributed by atoms with Crippen LogP contribution in [-0.4, -0.2) is 72.2 Å². The predicted octanol–water partition coefficient (Wildman–Crippen LogP) is 5.92. The van der Waals surface area contributed by atoms with Crippen molar-refractivity contribution >= 4 is 12.1 Å². The fraction of sp³-hybridized carbons (Fsp3) is 0.548.